The number of aryl methyl sites for hydroxylation is 1. The van der Waals surface area contributed by atoms with Gasteiger partial charge in [-0.1, -0.05) is 30.3 Å². The minimum atomic E-state index is -3.99. The van der Waals surface area contributed by atoms with Crippen molar-refractivity contribution in [1.82, 2.24) is 14.5 Å². The molecule has 154 valence electrons. The van der Waals surface area contributed by atoms with E-state index in [0.717, 1.165) is 15.3 Å². The summed E-state index contributed by atoms with van der Waals surface area (Å²) in [6, 6.07) is 13.6. The van der Waals surface area contributed by atoms with Gasteiger partial charge in [0.2, 0.25) is 0 Å². The van der Waals surface area contributed by atoms with Crippen LogP contribution < -0.4 is 0 Å². The van der Waals surface area contributed by atoms with E-state index in [0.29, 0.717) is 6.42 Å². The SMILES string of the molecule is CCOC(=O)c1cn[nH]c1S(=O)(=O)N(CCc1ccccc1)Cc1ccc(C)s1. The standard InChI is InChI=1S/C20H23N3O4S2/c1-3-27-20(24)18-13-21-22-19(18)29(25,26)23(14-17-10-9-15(2)28-17)12-11-16-7-5-4-6-8-16/h4-10,13H,3,11-12,14H2,1-2H3,(H,21,22). The topological polar surface area (TPSA) is 92.4 Å². The molecule has 2 heterocycles. The average molecular weight is 434 g/mol. The van der Waals surface area contributed by atoms with Crippen LogP contribution in [0, 0.1) is 6.92 Å². The number of sulfonamides is 1. The number of benzene rings is 1. The molecule has 0 atom stereocenters. The quantitative estimate of drug-likeness (QED) is 0.522. The number of esters is 1. The van der Waals surface area contributed by atoms with E-state index >= 15 is 0 Å². The lowest BCUT2D eigenvalue weighted by atomic mass is 10.1. The Morgan fingerprint density at radius 2 is 1.97 bits per heavy atom. The number of H-pyrrole nitrogens is 1. The first kappa shape index (κ1) is 21.2. The van der Waals surface area contributed by atoms with Crippen LogP contribution in [0.25, 0.3) is 0 Å². The number of rotatable bonds is 9. The van der Waals surface area contributed by atoms with Gasteiger partial charge in [-0.15, -0.1) is 11.3 Å². The van der Waals surface area contributed by atoms with E-state index in [1.807, 2.05) is 49.4 Å². The Bertz CT molecular complexity index is 1060. The monoisotopic (exact) mass is 433 g/mol. The fourth-order valence-corrected chi connectivity index (χ4v) is 5.35. The summed E-state index contributed by atoms with van der Waals surface area (Å²) in [6.07, 6.45) is 1.74. The van der Waals surface area contributed by atoms with E-state index in [1.165, 1.54) is 10.5 Å². The number of aromatic nitrogens is 2. The molecule has 3 rings (SSSR count). The first-order valence-electron chi connectivity index (χ1n) is 9.21. The molecule has 29 heavy (non-hydrogen) atoms. The zero-order chi connectivity index (χ0) is 20.9. The number of nitrogens with zero attached hydrogens (tertiary/aromatic N) is 2. The Balaban J connectivity index is 1.91. The Morgan fingerprint density at radius 3 is 2.62 bits per heavy atom. The maximum atomic E-state index is 13.4. The van der Waals surface area contributed by atoms with Crippen LogP contribution in [0.15, 0.2) is 53.7 Å². The number of carbonyl (C=O) groups is 1. The molecule has 0 aliphatic heterocycles. The number of hydrogen-bond donors (Lipinski definition) is 1. The molecule has 0 radical (unpaired) electrons. The second kappa shape index (κ2) is 9.34. The highest BCUT2D eigenvalue weighted by Gasteiger charge is 2.32. The highest BCUT2D eigenvalue weighted by atomic mass is 32.2. The van der Waals surface area contributed by atoms with E-state index < -0.39 is 16.0 Å². The van der Waals surface area contributed by atoms with Crippen molar-refractivity contribution in [2.45, 2.75) is 31.8 Å². The highest BCUT2D eigenvalue weighted by Crippen LogP contribution is 2.24. The van der Waals surface area contributed by atoms with Crippen molar-refractivity contribution in [2.75, 3.05) is 13.2 Å². The average Bonchev–Trinajstić information content (AvgIpc) is 3.35. The van der Waals surface area contributed by atoms with Crippen molar-refractivity contribution in [1.29, 1.82) is 0 Å². The van der Waals surface area contributed by atoms with Gasteiger partial charge in [0.1, 0.15) is 5.56 Å². The molecule has 0 aliphatic carbocycles. The smallest absolute Gasteiger partial charge is 0.342 e. The van der Waals surface area contributed by atoms with Crippen LogP contribution in [0.2, 0.25) is 0 Å². The van der Waals surface area contributed by atoms with Crippen molar-refractivity contribution in [3.05, 3.63) is 69.5 Å². The van der Waals surface area contributed by atoms with Gasteiger partial charge in [0.15, 0.2) is 5.03 Å². The third-order valence-electron chi connectivity index (χ3n) is 4.32. The molecule has 3 aromatic rings. The first-order valence-corrected chi connectivity index (χ1v) is 11.5. The van der Waals surface area contributed by atoms with Crippen molar-refractivity contribution >= 4 is 27.3 Å². The molecule has 0 spiro atoms. The summed E-state index contributed by atoms with van der Waals surface area (Å²) in [7, 11) is -3.99. The van der Waals surface area contributed by atoms with Crippen LogP contribution >= 0.6 is 11.3 Å². The molecule has 2 aromatic heterocycles. The lowest BCUT2D eigenvalue weighted by Crippen LogP contribution is -2.33. The summed E-state index contributed by atoms with van der Waals surface area (Å²) in [6.45, 7) is 4.28. The van der Waals surface area contributed by atoms with Crippen molar-refractivity contribution < 1.29 is 17.9 Å². The van der Waals surface area contributed by atoms with E-state index in [4.69, 9.17) is 4.74 Å². The summed E-state index contributed by atoms with van der Waals surface area (Å²) >= 11 is 1.55. The fraction of sp³-hybridized carbons (Fsp3) is 0.300. The molecule has 0 bridgehead atoms. The molecule has 1 aromatic carbocycles. The van der Waals surface area contributed by atoms with Crippen LogP contribution in [0.3, 0.4) is 0 Å². The first-order chi connectivity index (χ1) is 13.9. The van der Waals surface area contributed by atoms with Gasteiger partial charge in [-0.25, -0.2) is 13.2 Å². The van der Waals surface area contributed by atoms with Gasteiger partial charge in [0.25, 0.3) is 10.0 Å². The summed E-state index contributed by atoms with van der Waals surface area (Å²) in [5.74, 6) is -0.713. The predicted octanol–water partition coefficient (Wildman–Crippen LogP) is 3.39. The van der Waals surface area contributed by atoms with Gasteiger partial charge in [0.05, 0.1) is 12.8 Å². The summed E-state index contributed by atoms with van der Waals surface area (Å²) in [5, 5.41) is 6.01. The normalized spacial score (nSPS) is 11.7. The fourth-order valence-electron chi connectivity index (χ4n) is 2.88. The number of nitrogens with one attached hydrogen (secondary N) is 1. The van der Waals surface area contributed by atoms with Crippen molar-refractivity contribution in [3.63, 3.8) is 0 Å². The van der Waals surface area contributed by atoms with Gasteiger partial charge in [-0.3, -0.25) is 5.10 Å². The summed E-state index contributed by atoms with van der Waals surface area (Å²) in [5.41, 5.74) is 0.948. The van der Waals surface area contributed by atoms with Gasteiger partial charge >= 0.3 is 5.97 Å². The minimum absolute atomic E-state index is 0.0843. The molecule has 1 N–H and O–H groups in total. The number of thiophene rings is 1. The predicted molar refractivity (Wildman–Crippen MR) is 111 cm³/mol. The van der Waals surface area contributed by atoms with Gasteiger partial charge in [0, 0.05) is 22.8 Å². The summed E-state index contributed by atoms with van der Waals surface area (Å²) < 4.78 is 33.2. The third-order valence-corrected chi connectivity index (χ3v) is 7.12. The zero-order valence-electron chi connectivity index (χ0n) is 16.3. The Hall–Kier alpha value is -2.49. The Morgan fingerprint density at radius 1 is 1.21 bits per heavy atom. The van der Waals surface area contributed by atoms with E-state index in [1.54, 1.807) is 18.3 Å². The van der Waals surface area contributed by atoms with Crippen LogP contribution in [0.4, 0.5) is 0 Å². The molecular weight excluding hydrogens is 410 g/mol. The lowest BCUT2D eigenvalue weighted by molar-refractivity contribution is 0.0521. The molecule has 0 aliphatic rings. The Labute approximate surface area is 174 Å². The summed E-state index contributed by atoms with van der Waals surface area (Å²) in [4.78, 5) is 14.2. The van der Waals surface area contributed by atoms with E-state index in [2.05, 4.69) is 10.2 Å². The maximum absolute atomic E-state index is 13.4. The second-order valence-electron chi connectivity index (χ2n) is 6.42. The second-order valence-corrected chi connectivity index (χ2v) is 9.67. The van der Waals surface area contributed by atoms with Crippen LogP contribution in [0.1, 0.15) is 32.6 Å². The minimum Gasteiger partial charge on any atom is -0.462 e. The molecular formula is C20H23N3O4S2. The molecule has 0 unspecified atom stereocenters. The maximum Gasteiger partial charge on any atom is 0.342 e. The largest absolute Gasteiger partial charge is 0.462 e. The number of aromatic amines is 1. The Kier molecular flexibility index (Phi) is 6.83. The molecule has 0 fully saturated rings. The number of hydrogen-bond acceptors (Lipinski definition) is 6. The zero-order valence-corrected chi connectivity index (χ0v) is 17.9. The number of carbonyl (C=O) groups excluding carboxylic acids is 1. The lowest BCUT2D eigenvalue weighted by Gasteiger charge is -2.21. The molecule has 0 amide bonds. The van der Waals surface area contributed by atoms with Gasteiger partial charge in [-0.05, 0) is 38.0 Å². The van der Waals surface area contributed by atoms with Gasteiger partial charge < -0.3 is 4.74 Å². The highest BCUT2D eigenvalue weighted by molar-refractivity contribution is 7.89. The molecule has 7 nitrogen and oxygen atoms in total. The van der Waals surface area contributed by atoms with Crippen LogP contribution in [-0.2, 0) is 27.7 Å². The van der Waals surface area contributed by atoms with E-state index in [9.17, 15) is 13.2 Å². The van der Waals surface area contributed by atoms with Crippen molar-refractivity contribution in [3.8, 4) is 0 Å². The number of ether oxygens (including phenoxy) is 1. The van der Waals surface area contributed by atoms with Gasteiger partial charge in [-0.2, -0.15) is 9.40 Å². The van der Waals surface area contributed by atoms with Crippen LogP contribution in [-0.4, -0.2) is 42.0 Å². The molecule has 0 saturated carbocycles. The third kappa shape index (κ3) is 5.11. The van der Waals surface area contributed by atoms with Crippen LogP contribution in [0.5, 0.6) is 0 Å². The van der Waals surface area contributed by atoms with E-state index in [-0.39, 0.29) is 30.3 Å². The molecule has 9 heteroatoms. The molecule has 0 saturated heterocycles. The van der Waals surface area contributed by atoms with Crippen molar-refractivity contribution in [2.24, 2.45) is 0 Å².